The van der Waals surface area contributed by atoms with Crippen molar-refractivity contribution < 1.29 is 18.1 Å². The molecule has 0 aliphatic heterocycles. The number of nitrogens with one attached hydrogen (secondary N) is 2. The maximum absolute atomic E-state index is 13.3. The minimum atomic E-state index is -2.60. The average Bonchev–Trinajstić information content (AvgIpc) is 3.37. The van der Waals surface area contributed by atoms with Crippen molar-refractivity contribution in [2.75, 3.05) is 0 Å². The number of halogens is 2. The van der Waals surface area contributed by atoms with Crippen molar-refractivity contribution in [3.63, 3.8) is 0 Å². The van der Waals surface area contributed by atoms with Gasteiger partial charge >= 0.3 is 0 Å². The Bertz CT molecular complexity index is 944. The lowest BCUT2D eigenvalue weighted by Crippen LogP contribution is -2.24. The van der Waals surface area contributed by atoms with Crippen LogP contribution in [-0.2, 0) is 6.54 Å². The zero-order valence-corrected chi connectivity index (χ0v) is 15.0. The topological polar surface area (TPSA) is 96.7 Å². The van der Waals surface area contributed by atoms with Gasteiger partial charge in [-0.1, -0.05) is 35.5 Å². The second-order valence-corrected chi connectivity index (χ2v) is 6.89. The van der Waals surface area contributed by atoms with Crippen molar-refractivity contribution in [3.05, 3.63) is 53.8 Å². The van der Waals surface area contributed by atoms with Gasteiger partial charge < -0.3 is 9.84 Å². The fourth-order valence-electron chi connectivity index (χ4n) is 3.25. The molecule has 9 heteroatoms. The molecule has 1 fully saturated rings. The number of H-pyrrole nitrogens is 1. The molecular formula is C19H19F2N5O2. The van der Waals surface area contributed by atoms with Gasteiger partial charge in [-0.25, -0.2) is 8.78 Å². The van der Waals surface area contributed by atoms with Crippen LogP contribution in [-0.4, -0.2) is 32.2 Å². The zero-order chi connectivity index (χ0) is 19.6. The van der Waals surface area contributed by atoms with Crippen LogP contribution in [0.3, 0.4) is 0 Å². The van der Waals surface area contributed by atoms with Crippen LogP contribution in [0.5, 0.6) is 0 Å². The van der Waals surface area contributed by atoms with E-state index in [1.807, 2.05) is 30.3 Å². The number of hydrogen-bond donors (Lipinski definition) is 2. The summed E-state index contributed by atoms with van der Waals surface area (Å²) in [5, 5.41) is 13.4. The molecule has 7 nitrogen and oxygen atoms in total. The SMILES string of the molecule is O=C(NCc1nc(C2CCC(F)(F)CC2)no1)c1cc(-c2ccccc2)n[nH]1. The van der Waals surface area contributed by atoms with Crippen molar-refractivity contribution in [2.45, 2.75) is 44.1 Å². The lowest BCUT2D eigenvalue weighted by Gasteiger charge is -2.26. The molecule has 3 aromatic rings. The molecule has 1 aliphatic carbocycles. The summed E-state index contributed by atoms with van der Waals surface area (Å²) in [7, 11) is 0. The van der Waals surface area contributed by atoms with E-state index >= 15 is 0 Å². The van der Waals surface area contributed by atoms with E-state index in [2.05, 4.69) is 25.7 Å². The number of nitrogens with zero attached hydrogens (tertiary/aromatic N) is 3. The van der Waals surface area contributed by atoms with Gasteiger partial charge in [-0.2, -0.15) is 10.1 Å². The summed E-state index contributed by atoms with van der Waals surface area (Å²) in [6, 6.07) is 11.2. The highest BCUT2D eigenvalue weighted by Crippen LogP contribution is 2.39. The van der Waals surface area contributed by atoms with Crippen LogP contribution in [0.2, 0.25) is 0 Å². The number of amides is 1. The van der Waals surface area contributed by atoms with E-state index < -0.39 is 5.92 Å². The van der Waals surface area contributed by atoms with Crippen LogP contribution < -0.4 is 5.32 Å². The first-order valence-electron chi connectivity index (χ1n) is 9.09. The summed E-state index contributed by atoms with van der Waals surface area (Å²) < 4.78 is 31.7. The highest BCUT2D eigenvalue weighted by atomic mass is 19.3. The maximum atomic E-state index is 13.3. The molecule has 2 N–H and O–H groups in total. The number of carbonyl (C=O) groups is 1. The number of aromatic nitrogens is 4. The van der Waals surface area contributed by atoms with E-state index in [1.165, 1.54) is 0 Å². The van der Waals surface area contributed by atoms with Gasteiger partial charge in [0.1, 0.15) is 5.69 Å². The highest BCUT2D eigenvalue weighted by Gasteiger charge is 2.36. The Kier molecular flexibility index (Phi) is 4.89. The van der Waals surface area contributed by atoms with Crippen LogP contribution in [0.4, 0.5) is 8.78 Å². The summed E-state index contributed by atoms with van der Waals surface area (Å²) in [6.45, 7) is 0.0500. The number of hydrogen-bond acceptors (Lipinski definition) is 5. The van der Waals surface area contributed by atoms with Crippen LogP contribution in [0.15, 0.2) is 40.9 Å². The van der Waals surface area contributed by atoms with Gasteiger partial charge in [-0.15, -0.1) is 0 Å². The first-order chi connectivity index (χ1) is 13.5. The number of alkyl halides is 2. The molecule has 1 amide bonds. The van der Waals surface area contributed by atoms with Crippen molar-refractivity contribution in [1.29, 1.82) is 0 Å². The fourth-order valence-corrected chi connectivity index (χ4v) is 3.25. The number of aromatic amines is 1. The van der Waals surface area contributed by atoms with Crippen molar-refractivity contribution in [2.24, 2.45) is 0 Å². The van der Waals surface area contributed by atoms with E-state index in [0.29, 0.717) is 30.1 Å². The molecule has 28 heavy (non-hydrogen) atoms. The molecule has 0 bridgehead atoms. The third-order valence-corrected chi connectivity index (χ3v) is 4.86. The van der Waals surface area contributed by atoms with E-state index in [1.54, 1.807) is 6.07 Å². The van der Waals surface area contributed by atoms with Gasteiger partial charge in [-0.3, -0.25) is 9.89 Å². The smallest absolute Gasteiger partial charge is 0.269 e. The normalized spacial score (nSPS) is 16.8. The molecule has 146 valence electrons. The monoisotopic (exact) mass is 387 g/mol. The van der Waals surface area contributed by atoms with Gasteiger partial charge in [0.15, 0.2) is 5.82 Å². The van der Waals surface area contributed by atoms with Gasteiger partial charge in [0.25, 0.3) is 5.91 Å². The van der Waals surface area contributed by atoms with E-state index in [9.17, 15) is 13.6 Å². The predicted octanol–water partition coefficient (Wildman–Crippen LogP) is 3.68. The Labute approximate surface area is 159 Å². The molecule has 1 aliphatic rings. The first-order valence-corrected chi connectivity index (χ1v) is 9.09. The largest absolute Gasteiger partial charge is 0.342 e. The van der Waals surface area contributed by atoms with Crippen molar-refractivity contribution >= 4 is 5.91 Å². The molecule has 2 heterocycles. The summed E-state index contributed by atoms with van der Waals surface area (Å²) in [6.07, 6.45) is 0.327. The Morgan fingerprint density at radius 3 is 2.75 bits per heavy atom. The lowest BCUT2D eigenvalue weighted by molar-refractivity contribution is -0.0389. The van der Waals surface area contributed by atoms with Gasteiger partial charge in [0.2, 0.25) is 11.8 Å². The van der Waals surface area contributed by atoms with Crippen molar-refractivity contribution in [1.82, 2.24) is 25.7 Å². The van der Waals surface area contributed by atoms with Crippen LogP contribution >= 0.6 is 0 Å². The minimum Gasteiger partial charge on any atom is -0.342 e. The highest BCUT2D eigenvalue weighted by molar-refractivity contribution is 5.93. The van der Waals surface area contributed by atoms with E-state index in [-0.39, 0.29) is 37.1 Å². The molecule has 1 saturated carbocycles. The molecule has 4 rings (SSSR count). The summed E-state index contributed by atoms with van der Waals surface area (Å²) in [4.78, 5) is 16.5. The second-order valence-electron chi connectivity index (χ2n) is 6.89. The summed E-state index contributed by atoms with van der Waals surface area (Å²) in [5.41, 5.74) is 1.88. The van der Waals surface area contributed by atoms with Crippen LogP contribution in [0, 0.1) is 0 Å². The molecule has 0 unspecified atom stereocenters. The average molecular weight is 387 g/mol. The summed E-state index contributed by atoms with van der Waals surface area (Å²) >= 11 is 0. The van der Waals surface area contributed by atoms with Crippen LogP contribution in [0.25, 0.3) is 11.3 Å². The Morgan fingerprint density at radius 2 is 2.00 bits per heavy atom. The van der Waals surface area contributed by atoms with E-state index in [0.717, 1.165) is 5.56 Å². The number of carbonyl (C=O) groups excluding carboxylic acids is 1. The second kappa shape index (κ2) is 7.49. The Balaban J connectivity index is 1.33. The Morgan fingerprint density at radius 1 is 1.25 bits per heavy atom. The quantitative estimate of drug-likeness (QED) is 0.696. The molecule has 0 saturated heterocycles. The summed E-state index contributed by atoms with van der Waals surface area (Å²) in [5.74, 6) is -2.42. The lowest BCUT2D eigenvalue weighted by atomic mass is 9.86. The van der Waals surface area contributed by atoms with Gasteiger partial charge in [0.05, 0.1) is 12.2 Å². The molecule has 0 atom stereocenters. The first kappa shape index (κ1) is 18.3. The number of rotatable bonds is 5. The van der Waals surface area contributed by atoms with Crippen molar-refractivity contribution in [3.8, 4) is 11.3 Å². The standard InChI is InChI=1S/C19H19F2N5O2/c20-19(21)8-6-13(7-9-19)17-23-16(28-26-17)11-22-18(27)15-10-14(24-25-15)12-4-2-1-3-5-12/h1-5,10,13H,6-9,11H2,(H,22,27)(H,24,25). The minimum absolute atomic E-state index is 0.0500. The molecule has 0 radical (unpaired) electrons. The third-order valence-electron chi connectivity index (χ3n) is 4.86. The van der Waals surface area contributed by atoms with Gasteiger partial charge in [0, 0.05) is 24.3 Å². The van der Waals surface area contributed by atoms with E-state index in [4.69, 9.17) is 4.52 Å². The molecule has 0 spiro atoms. The predicted molar refractivity (Wildman–Crippen MR) is 95.6 cm³/mol. The zero-order valence-electron chi connectivity index (χ0n) is 15.0. The molecule has 2 aromatic heterocycles. The fraction of sp³-hybridized carbons (Fsp3) is 0.368. The number of benzene rings is 1. The molecular weight excluding hydrogens is 368 g/mol. The maximum Gasteiger partial charge on any atom is 0.269 e. The third kappa shape index (κ3) is 4.08. The van der Waals surface area contributed by atoms with Crippen LogP contribution in [0.1, 0.15) is 53.8 Å². The molecule has 1 aromatic carbocycles. The Hall–Kier alpha value is -3.10. The van der Waals surface area contributed by atoms with Gasteiger partial charge in [-0.05, 0) is 18.9 Å².